The number of nitrogens with zero attached hydrogens (tertiary/aromatic N) is 1. The lowest BCUT2D eigenvalue weighted by Crippen LogP contribution is -2.12. The Bertz CT molecular complexity index is 575. The average Bonchev–Trinajstić information content (AvgIpc) is 3.16. The first-order valence-corrected chi connectivity index (χ1v) is 6.68. The van der Waals surface area contributed by atoms with Crippen molar-refractivity contribution in [2.24, 2.45) is 5.92 Å². The summed E-state index contributed by atoms with van der Waals surface area (Å²) in [5.74, 6) is 0.235. The Hall–Kier alpha value is -1.88. The number of aromatic nitrogens is 1. The standard InChI is InChI=1S/C13H13N3OS/c14-11-10(8-4-2-1-3-5-8)15-13(18-11)16-12(17)9-6-7-9/h1-5,9H,6-7,14H2,(H,15,16,17). The molecule has 1 amide bonds. The summed E-state index contributed by atoms with van der Waals surface area (Å²) < 4.78 is 0. The van der Waals surface area contributed by atoms with Crippen molar-refractivity contribution in [3.05, 3.63) is 30.3 Å². The predicted octanol–water partition coefficient (Wildman–Crippen LogP) is 2.74. The van der Waals surface area contributed by atoms with E-state index in [1.165, 1.54) is 11.3 Å². The minimum absolute atomic E-state index is 0.0587. The zero-order chi connectivity index (χ0) is 12.5. The quantitative estimate of drug-likeness (QED) is 0.890. The fraction of sp³-hybridized carbons (Fsp3) is 0.231. The molecule has 4 nitrogen and oxygen atoms in total. The van der Waals surface area contributed by atoms with Crippen LogP contribution in [-0.2, 0) is 4.79 Å². The fourth-order valence-electron chi connectivity index (χ4n) is 1.74. The number of benzene rings is 1. The Kier molecular flexibility index (Phi) is 2.76. The van der Waals surface area contributed by atoms with Crippen LogP contribution >= 0.6 is 11.3 Å². The number of carbonyl (C=O) groups is 1. The molecule has 1 aromatic carbocycles. The van der Waals surface area contributed by atoms with Gasteiger partial charge in [-0.15, -0.1) is 0 Å². The third kappa shape index (κ3) is 2.22. The summed E-state index contributed by atoms with van der Waals surface area (Å²) in [5.41, 5.74) is 7.66. The molecule has 0 spiro atoms. The monoisotopic (exact) mass is 259 g/mol. The highest BCUT2D eigenvalue weighted by molar-refractivity contribution is 7.20. The van der Waals surface area contributed by atoms with Gasteiger partial charge in [0.2, 0.25) is 5.91 Å². The summed E-state index contributed by atoms with van der Waals surface area (Å²) in [6, 6.07) is 9.74. The molecular weight excluding hydrogens is 246 g/mol. The first kappa shape index (κ1) is 11.2. The van der Waals surface area contributed by atoms with E-state index in [0.717, 1.165) is 24.1 Å². The summed E-state index contributed by atoms with van der Waals surface area (Å²) >= 11 is 1.32. The normalized spacial score (nSPS) is 14.4. The van der Waals surface area contributed by atoms with Crippen LogP contribution in [0.15, 0.2) is 30.3 Å². The SMILES string of the molecule is Nc1sc(NC(=O)C2CC2)nc1-c1ccccc1. The number of nitrogens with two attached hydrogens (primary N) is 1. The van der Waals surface area contributed by atoms with E-state index in [0.29, 0.717) is 10.1 Å². The first-order valence-electron chi connectivity index (χ1n) is 5.86. The maximum Gasteiger partial charge on any atom is 0.229 e. The third-order valence-electron chi connectivity index (χ3n) is 2.88. The van der Waals surface area contributed by atoms with Gasteiger partial charge in [0.05, 0.1) is 0 Å². The molecule has 0 unspecified atom stereocenters. The molecule has 1 aromatic heterocycles. The topological polar surface area (TPSA) is 68.0 Å². The van der Waals surface area contributed by atoms with Crippen LogP contribution in [-0.4, -0.2) is 10.9 Å². The van der Waals surface area contributed by atoms with Gasteiger partial charge in [-0.2, -0.15) is 0 Å². The molecular formula is C13H13N3OS. The molecule has 92 valence electrons. The fourth-order valence-corrected chi connectivity index (χ4v) is 2.50. The molecule has 2 aromatic rings. The van der Waals surface area contributed by atoms with Crippen molar-refractivity contribution in [3.63, 3.8) is 0 Å². The van der Waals surface area contributed by atoms with Crippen molar-refractivity contribution < 1.29 is 4.79 Å². The molecule has 0 radical (unpaired) electrons. The van der Waals surface area contributed by atoms with Crippen LogP contribution < -0.4 is 11.1 Å². The highest BCUT2D eigenvalue weighted by atomic mass is 32.1. The number of thiazole rings is 1. The van der Waals surface area contributed by atoms with E-state index in [-0.39, 0.29) is 11.8 Å². The van der Waals surface area contributed by atoms with Crippen molar-refractivity contribution in [3.8, 4) is 11.3 Å². The molecule has 1 aliphatic carbocycles. The zero-order valence-electron chi connectivity index (χ0n) is 9.72. The Labute approximate surface area is 109 Å². The molecule has 1 saturated carbocycles. The smallest absolute Gasteiger partial charge is 0.229 e. The third-order valence-corrected chi connectivity index (χ3v) is 3.68. The van der Waals surface area contributed by atoms with Gasteiger partial charge in [0.1, 0.15) is 10.7 Å². The van der Waals surface area contributed by atoms with Crippen molar-refractivity contribution >= 4 is 27.4 Å². The number of nitrogens with one attached hydrogen (secondary N) is 1. The van der Waals surface area contributed by atoms with Gasteiger partial charge >= 0.3 is 0 Å². The van der Waals surface area contributed by atoms with Crippen LogP contribution in [0.25, 0.3) is 11.3 Å². The molecule has 0 bridgehead atoms. The van der Waals surface area contributed by atoms with Crippen LogP contribution in [0.1, 0.15) is 12.8 Å². The lowest BCUT2D eigenvalue weighted by Gasteiger charge is -1.98. The van der Waals surface area contributed by atoms with Crippen molar-refractivity contribution in [2.45, 2.75) is 12.8 Å². The van der Waals surface area contributed by atoms with Crippen LogP contribution in [0.5, 0.6) is 0 Å². The van der Waals surface area contributed by atoms with E-state index < -0.39 is 0 Å². The summed E-state index contributed by atoms with van der Waals surface area (Å²) in [4.78, 5) is 16.0. The highest BCUT2D eigenvalue weighted by Crippen LogP contribution is 2.35. The predicted molar refractivity (Wildman–Crippen MR) is 73.3 cm³/mol. The maximum absolute atomic E-state index is 11.6. The van der Waals surface area contributed by atoms with E-state index in [2.05, 4.69) is 10.3 Å². The Balaban J connectivity index is 1.84. The number of anilines is 2. The van der Waals surface area contributed by atoms with Gasteiger partial charge in [0, 0.05) is 11.5 Å². The largest absolute Gasteiger partial charge is 0.389 e. The molecule has 18 heavy (non-hydrogen) atoms. The number of nitrogen functional groups attached to an aromatic ring is 1. The summed E-state index contributed by atoms with van der Waals surface area (Å²) in [6.45, 7) is 0. The highest BCUT2D eigenvalue weighted by Gasteiger charge is 2.30. The minimum atomic E-state index is 0.0587. The number of hydrogen-bond acceptors (Lipinski definition) is 4. The molecule has 1 fully saturated rings. The van der Waals surface area contributed by atoms with Crippen molar-refractivity contribution in [1.29, 1.82) is 0 Å². The van der Waals surface area contributed by atoms with Gasteiger partial charge in [-0.05, 0) is 12.8 Å². The molecule has 1 heterocycles. The molecule has 1 aliphatic rings. The lowest BCUT2D eigenvalue weighted by molar-refractivity contribution is -0.117. The number of carbonyl (C=O) groups excluding carboxylic acids is 1. The molecule has 5 heteroatoms. The van der Waals surface area contributed by atoms with Crippen LogP contribution in [0.3, 0.4) is 0 Å². The molecule has 0 aliphatic heterocycles. The molecule has 0 atom stereocenters. The number of amides is 1. The van der Waals surface area contributed by atoms with Crippen molar-refractivity contribution in [1.82, 2.24) is 4.98 Å². The van der Waals surface area contributed by atoms with Gasteiger partial charge in [-0.1, -0.05) is 41.7 Å². The number of hydrogen-bond donors (Lipinski definition) is 2. The summed E-state index contributed by atoms with van der Waals surface area (Å²) in [5, 5.41) is 4.04. The summed E-state index contributed by atoms with van der Waals surface area (Å²) in [6.07, 6.45) is 1.97. The molecule has 0 saturated heterocycles. The lowest BCUT2D eigenvalue weighted by atomic mass is 10.2. The van der Waals surface area contributed by atoms with E-state index in [9.17, 15) is 4.79 Å². The zero-order valence-corrected chi connectivity index (χ0v) is 10.5. The minimum Gasteiger partial charge on any atom is -0.389 e. The first-order chi connectivity index (χ1) is 8.74. The van der Waals surface area contributed by atoms with E-state index in [1.807, 2.05) is 30.3 Å². The van der Waals surface area contributed by atoms with E-state index >= 15 is 0 Å². The van der Waals surface area contributed by atoms with Crippen molar-refractivity contribution in [2.75, 3.05) is 11.1 Å². The van der Waals surface area contributed by atoms with Gasteiger partial charge in [-0.3, -0.25) is 4.79 Å². The second-order valence-corrected chi connectivity index (χ2v) is 5.39. The van der Waals surface area contributed by atoms with E-state index in [4.69, 9.17) is 5.73 Å². The van der Waals surface area contributed by atoms with Gasteiger partial charge < -0.3 is 11.1 Å². The van der Waals surface area contributed by atoms with Crippen LogP contribution in [0.4, 0.5) is 10.1 Å². The Morgan fingerprint density at radius 1 is 1.33 bits per heavy atom. The van der Waals surface area contributed by atoms with Gasteiger partial charge in [0.25, 0.3) is 0 Å². The summed E-state index contributed by atoms with van der Waals surface area (Å²) in [7, 11) is 0. The van der Waals surface area contributed by atoms with E-state index in [1.54, 1.807) is 0 Å². The second-order valence-electron chi connectivity index (χ2n) is 4.36. The number of rotatable bonds is 3. The Morgan fingerprint density at radius 3 is 2.72 bits per heavy atom. The Morgan fingerprint density at radius 2 is 2.06 bits per heavy atom. The van der Waals surface area contributed by atoms with Crippen LogP contribution in [0, 0.1) is 5.92 Å². The molecule has 3 N–H and O–H groups in total. The second kappa shape index (κ2) is 4.42. The van der Waals surface area contributed by atoms with Gasteiger partial charge in [-0.25, -0.2) is 4.98 Å². The van der Waals surface area contributed by atoms with Gasteiger partial charge in [0.15, 0.2) is 5.13 Å². The average molecular weight is 259 g/mol. The molecule has 3 rings (SSSR count). The van der Waals surface area contributed by atoms with Crippen LogP contribution in [0.2, 0.25) is 0 Å². The maximum atomic E-state index is 11.6.